The number of halogens is 5. The third-order valence-electron chi connectivity index (χ3n) is 7.03. The van der Waals surface area contributed by atoms with Crippen LogP contribution in [-0.4, -0.2) is 86.4 Å². The summed E-state index contributed by atoms with van der Waals surface area (Å²) in [4.78, 5) is 75.4. The second-order valence-electron chi connectivity index (χ2n) is 11.3. The molecule has 2 rings (SSSR count). The van der Waals surface area contributed by atoms with E-state index in [2.05, 4.69) is 5.32 Å². The minimum absolute atomic E-state index is 0.0671. The van der Waals surface area contributed by atoms with Crippen molar-refractivity contribution in [3.8, 4) is 5.75 Å². The van der Waals surface area contributed by atoms with E-state index in [4.69, 9.17) is 11.5 Å². The fourth-order valence-electron chi connectivity index (χ4n) is 4.54. The molecule has 2 aromatic rings. The number of aromatic hydroxyl groups is 1. The average molecular weight is 703 g/mol. The van der Waals surface area contributed by atoms with Crippen LogP contribution in [0.3, 0.4) is 0 Å². The van der Waals surface area contributed by atoms with E-state index in [1.807, 2.05) is 5.32 Å². The third kappa shape index (κ3) is 9.92. The van der Waals surface area contributed by atoms with Gasteiger partial charge < -0.3 is 32.3 Å². The minimum atomic E-state index is -5.63. The lowest BCUT2D eigenvalue weighted by Gasteiger charge is -2.37. The van der Waals surface area contributed by atoms with Crippen LogP contribution >= 0.6 is 0 Å². The third-order valence-corrected chi connectivity index (χ3v) is 7.03. The molecule has 0 radical (unpaired) electrons. The van der Waals surface area contributed by atoms with Crippen LogP contribution in [0.25, 0.3) is 0 Å². The largest absolute Gasteiger partial charge is 0.508 e. The number of carbonyl (C=O) groups excluding carboxylic acids is 5. The smallest absolute Gasteiger partial charge is 0.365 e. The summed E-state index contributed by atoms with van der Waals surface area (Å²) in [6, 6.07) is 3.96. The summed E-state index contributed by atoms with van der Waals surface area (Å²) in [7, 11) is 0. The van der Waals surface area contributed by atoms with Gasteiger partial charge in [0, 0.05) is 5.56 Å². The van der Waals surface area contributed by atoms with E-state index in [0.717, 1.165) is 12.1 Å². The molecule has 0 bridgehead atoms. The van der Waals surface area contributed by atoms with Crippen molar-refractivity contribution in [2.24, 2.45) is 17.4 Å². The van der Waals surface area contributed by atoms with Crippen molar-refractivity contribution in [2.45, 2.75) is 63.0 Å². The molecule has 0 aliphatic rings. The van der Waals surface area contributed by atoms with Crippen molar-refractivity contribution in [1.82, 2.24) is 20.9 Å². The molecule has 0 aliphatic heterocycles. The highest BCUT2D eigenvalue weighted by Gasteiger charge is 2.70. The second kappa shape index (κ2) is 16.8. The molecular weight excluding hydrogens is 667 g/mol. The predicted octanol–water partition coefficient (Wildman–Crippen LogP) is 1.12. The van der Waals surface area contributed by atoms with Gasteiger partial charge in [0.15, 0.2) is 0 Å². The molecule has 0 unspecified atom stereocenters. The topological polar surface area (TPSA) is 225 Å². The molecule has 2 aromatic carbocycles. The Morgan fingerprint density at radius 2 is 1.49 bits per heavy atom. The Kier molecular flexibility index (Phi) is 13.7. The summed E-state index contributed by atoms with van der Waals surface area (Å²) in [6.07, 6.45) is -1.72. The van der Waals surface area contributed by atoms with Gasteiger partial charge >= 0.3 is 17.7 Å². The van der Waals surface area contributed by atoms with Gasteiger partial charge in [0.1, 0.15) is 17.8 Å². The maximum absolute atomic E-state index is 15.9. The molecule has 8 N–H and O–H groups in total. The lowest BCUT2D eigenvalue weighted by atomic mass is 9.95. The highest BCUT2D eigenvalue weighted by atomic mass is 19.4. The number of amides is 5. The van der Waals surface area contributed by atoms with Crippen molar-refractivity contribution >= 4 is 35.5 Å². The van der Waals surface area contributed by atoms with E-state index in [1.165, 1.54) is 44.2 Å². The van der Waals surface area contributed by atoms with E-state index in [-0.39, 0.29) is 12.2 Å². The van der Waals surface area contributed by atoms with Crippen LogP contribution in [0.1, 0.15) is 37.8 Å². The number of nitrogens with zero attached hydrogens (tertiary/aromatic N) is 2. The molecule has 0 aliphatic carbocycles. The summed E-state index contributed by atoms with van der Waals surface area (Å²) in [5.41, 5.74) is 10.1. The zero-order valence-electron chi connectivity index (χ0n) is 26.1. The molecule has 0 fully saturated rings. The Bertz CT molecular complexity index is 1520. The molecule has 14 nitrogen and oxygen atoms in total. The van der Waals surface area contributed by atoms with Crippen LogP contribution in [0.15, 0.2) is 54.6 Å². The van der Waals surface area contributed by atoms with Crippen molar-refractivity contribution in [3.05, 3.63) is 65.7 Å². The number of phenolic OH excluding ortho intramolecular Hbond substituents is 1. The standard InChI is InChI=1S/C30H35F5N6O8/c1-16(2)12-22(27(47)48)40(28(49)30(33,41(34)35)29(31,32)18-6-4-3-5-7-18)24(44)15-38-26(46)21(14-23(37)43)39-25(45)20(36)13-17-8-10-19(42)11-9-17/h3-11,16,20-22,42H,12-15,36H2,1-2H3,(H2,37,43)(H,38,46)(H,39,45)(H,47,48)/t20-,21+,22-,30+/m0/s1. The van der Waals surface area contributed by atoms with Crippen LogP contribution in [0, 0.1) is 5.92 Å². The van der Waals surface area contributed by atoms with E-state index in [1.54, 1.807) is 0 Å². The monoisotopic (exact) mass is 702 g/mol. The molecule has 0 saturated carbocycles. The summed E-state index contributed by atoms with van der Waals surface area (Å²) in [5, 5.41) is 20.4. The van der Waals surface area contributed by atoms with Crippen molar-refractivity contribution in [3.63, 3.8) is 0 Å². The molecule has 268 valence electrons. The van der Waals surface area contributed by atoms with Gasteiger partial charge in [0.05, 0.1) is 24.4 Å². The van der Waals surface area contributed by atoms with Crippen LogP contribution in [0.5, 0.6) is 5.75 Å². The molecule has 4 atom stereocenters. The number of benzene rings is 2. The van der Waals surface area contributed by atoms with Gasteiger partial charge in [-0.2, -0.15) is 8.78 Å². The number of alkyl halides is 3. The van der Waals surface area contributed by atoms with E-state index >= 15 is 13.2 Å². The number of nitrogens with one attached hydrogen (secondary N) is 2. The average Bonchev–Trinajstić information content (AvgIpc) is 3.03. The number of hydrogen-bond donors (Lipinski definition) is 6. The predicted molar refractivity (Wildman–Crippen MR) is 159 cm³/mol. The first kappa shape index (κ1) is 40.0. The number of primary amides is 1. The van der Waals surface area contributed by atoms with Crippen molar-refractivity contribution in [1.29, 1.82) is 0 Å². The lowest BCUT2D eigenvalue weighted by Crippen LogP contribution is -2.65. The van der Waals surface area contributed by atoms with Crippen LogP contribution in [0.4, 0.5) is 22.1 Å². The lowest BCUT2D eigenvalue weighted by molar-refractivity contribution is -0.337. The van der Waals surface area contributed by atoms with E-state index < -0.39 is 106 Å². The maximum atomic E-state index is 15.9. The Morgan fingerprint density at radius 3 is 1.98 bits per heavy atom. The molecule has 49 heavy (non-hydrogen) atoms. The Balaban J connectivity index is 2.41. The summed E-state index contributed by atoms with van der Waals surface area (Å²) >= 11 is 0. The minimum Gasteiger partial charge on any atom is -0.508 e. The van der Waals surface area contributed by atoms with Crippen molar-refractivity contribution < 1.29 is 61.1 Å². The summed E-state index contributed by atoms with van der Waals surface area (Å²) in [6.45, 7) is 1.25. The molecular formula is C30H35F5N6O8. The number of carbonyl (C=O) groups is 6. The zero-order valence-corrected chi connectivity index (χ0v) is 26.1. The van der Waals surface area contributed by atoms with Crippen LogP contribution in [-0.2, 0) is 41.1 Å². The van der Waals surface area contributed by atoms with Crippen molar-refractivity contribution in [2.75, 3.05) is 6.54 Å². The Labute approximate surface area is 276 Å². The zero-order chi connectivity index (χ0) is 37.3. The van der Waals surface area contributed by atoms with Crippen LogP contribution in [0.2, 0.25) is 0 Å². The first-order chi connectivity index (χ1) is 22.7. The molecule has 5 amide bonds. The first-order valence-electron chi connectivity index (χ1n) is 14.5. The highest BCUT2D eigenvalue weighted by molar-refractivity contribution is 6.04. The number of carboxylic acids is 1. The fraction of sp³-hybridized carbons (Fsp3) is 0.400. The Morgan fingerprint density at radius 1 is 0.918 bits per heavy atom. The first-order valence-corrected chi connectivity index (χ1v) is 14.5. The maximum Gasteiger partial charge on any atom is 0.365 e. The number of hydrogen-bond acceptors (Lipinski definition) is 9. The van der Waals surface area contributed by atoms with E-state index in [0.29, 0.717) is 17.7 Å². The van der Waals surface area contributed by atoms with Crippen LogP contribution < -0.4 is 22.1 Å². The molecule has 0 heterocycles. The molecule has 19 heteroatoms. The van der Waals surface area contributed by atoms with Gasteiger partial charge in [-0.3, -0.25) is 28.9 Å². The van der Waals surface area contributed by atoms with Gasteiger partial charge in [-0.05, 0) is 36.5 Å². The quantitative estimate of drug-likeness (QED) is 0.0783. The van der Waals surface area contributed by atoms with Gasteiger partial charge in [0.25, 0.3) is 5.91 Å². The number of phenols is 1. The number of carboxylic acid groups (broad SMARTS) is 1. The summed E-state index contributed by atoms with van der Waals surface area (Å²) < 4.78 is 74.7. The van der Waals surface area contributed by atoms with Gasteiger partial charge in [-0.25, -0.2) is 9.18 Å². The van der Waals surface area contributed by atoms with Gasteiger partial charge in [-0.1, -0.05) is 65.3 Å². The summed E-state index contributed by atoms with van der Waals surface area (Å²) in [5.74, 6) is -22.2. The number of rotatable bonds is 17. The number of nitrogens with two attached hydrogens (primary N) is 2. The number of aliphatic carboxylic acids is 1. The normalized spacial score (nSPS) is 14.7. The van der Waals surface area contributed by atoms with E-state index in [9.17, 15) is 47.9 Å². The molecule has 0 aromatic heterocycles. The fourth-order valence-corrected chi connectivity index (χ4v) is 4.54. The van der Waals surface area contributed by atoms with Gasteiger partial charge in [0.2, 0.25) is 23.6 Å². The SMILES string of the molecule is CC(C)C[C@@H](C(=O)O)N(C(=O)CNC(=O)[C@@H](CC(N)=O)NC(=O)[C@@H](N)Cc1ccc(O)cc1)C(=O)[C@@](F)(N(F)F)C(F)(F)c1ccccc1. The number of imide groups is 1. The molecule has 0 spiro atoms. The molecule has 0 saturated heterocycles. The highest BCUT2D eigenvalue weighted by Crippen LogP contribution is 2.46. The second-order valence-corrected chi connectivity index (χ2v) is 11.3. The van der Waals surface area contributed by atoms with Gasteiger partial charge in [-0.15, -0.1) is 0 Å². The Hall–Kier alpha value is -5.17.